The van der Waals surface area contributed by atoms with Gasteiger partial charge in [-0.05, 0) is 97.6 Å². The second-order valence-corrected chi connectivity index (χ2v) is 16.7. The smallest absolute Gasteiger partial charge is 0.0178 e. The molecule has 0 radical (unpaired) electrons. The van der Waals surface area contributed by atoms with Crippen molar-refractivity contribution in [3.63, 3.8) is 0 Å². The van der Waals surface area contributed by atoms with Crippen LogP contribution in [0.25, 0.3) is 0 Å². The van der Waals surface area contributed by atoms with Gasteiger partial charge in [-0.2, -0.15) is 0 Å². The monoisotopic (exact) mass is 533 g/mol. The maximum absolute atomic E-state index is 3.67. The molecule has 2 aromatic rings. The van der Waals surface area contributed by atoms with Crippen molar-refractivity contribution in [1.82, 2.24) is 5.32 Å². The van der Waals surface area contributed by atoms with Crippen LogP contribution in [0.3, 0.4) is 0 Å². The summed E-state index contributed by atoms with van der Waals surface area (Å²) in [4.78, 5) is 0. The number of benzene rings is 2. The molecule has 0 amide bonds. The van der Waals surface area contributed by atoms with Crippen LogP contribution in [-0.4, -0.2) is 12.6 Å². The van der Waals surface area contributed by atoms with E-state index in [1.165, 1.54) is 28.7 Å². The molecule has 0 spiro atoms. The Kier molecular flexibility index (Phi) is 9.78. The van der Waals surface area contributed by atoms with Crippen LogP contribution in [0, 0.1) is 40.9 Å². The quantitative estimate of drug-likeness (QED) is 0.303. The fourth-order valence-corrected chi connectivity index (χ4v) is 6.59. The lowest BCUT2D eigenvalue weighted by Gasteiger charge is -2.58. The fraction of sp³-hybridized carbons (Fsp3) is 0.684. The lowest BCUT2D eigenvalue weighted by Crippen LogP contribution is -2.58. The number of aryl methyl sites for hydroxylation is 2. The normalized spacial score (nSPS) is 15.8. The lowest BCUT2D eigenvalue weighted by molar-refractivity contribution is -0.0346. The summed E-state index contributed by atoms with van der Waals surface area (Å²) in [6.07, 6.45) is 2.30. The zero-order valence-corrected chi connectivity index (χ0v) is 28.7. The van der Waals surface area contributed by atoms with Crippen molar-refractivity contribution in [3.8, 4) is 0 Å². The van der Waals surface area contributed by atoms with Gasteiger partial charge in [0.15, 0.2) is 0 Å². The summed E-state index contributed by atoms with van der Waals surface area (Å²) in [6, 6.07) is 18.8. The molecule has 1 heteroatoms. The van der Waals surface area contributed by atoms with Gasteiger partial charge < -0.3 is 5.32 Å². The van der Waals surface area contributed by atoms with Gasteiger partial charge >= 0.3 is 0 Å². The Balaban J connectivity index is 2.69. The maximum Gasteiger partial charge on any atom is 0.0178 e. The first-order valence-electron chi connectivity index (χ1n) is 15.3. The van der Waals surface area contributed by atoms with Crippen molar-refractivity contribution in [1.29, 1.82) is 0 Å². The van der Waals surface area contributed by atoms with Gasteiger partial charge in [0.1, 0.15) is 0 Å². The van der Waals surface area contributed by atoms with E-state index in [-0.39, 0.29) is 32.6 Å². The van der Waals surface area contributed by atoms with Crippen LogP contribution in [0.2, 0.25) is 0 Å². The average Bonchev–Trinajstić information content (AvgIpc) is 2.81. The second kappa shape index (κ2) is 11.3. The van der Waals surface area contributed by atoms with Crippen LogP contribution in [0.1, 0.15) is 137 Å². The van der Waals surface area contributed by atoms with Crippen molar-refractivity contribution in [2.75, 3.05) is 7.05 Å². The van der Waals surface area contributed by atoms with Crippen molar-refractivity contribution < 1.29 is 0 Å². The van der Waals surface area contributed by atoms with Crippen LogP contribution in [-0.2, 0) is 0 Å². The Hall–Kier alpha value is -1.60. The van der Waals surface area contributed by atoms with Gasteiger partial charge in [0, 0.05) is 5.54 Å². The van der Waals surface area contributed by atoms with E-state index in [0.717, 1.165) is 6.42 Å². The molecule has 0 aliphatic carbocycles. The molecule has 0 fully saturated rings. The summed E-state index contributed by atoms with van der Waals surface area (Å²) < 4.78 is 0. The van der Waals surface area contributed by atoms with E-state index in [2.05, 4.69) is 165 Å². The first-order valence-corrected chi connectivity index (χ1v) is 15.3. The van der Waals surface area contributed by atoms with Crippen LogP contribution >= 0.6 is 0 Å². The zero-order valence-electron chi connectivity index (χ0n) is 28.7. The summed E-state index contributed by atoms with van der Waals surface area (Å²) in [5.74, 6) is 0.875. The second-order valence-electron chi connectivity index (χ2n) is 16.7. The Morgan fingerprint density at radius 2 is 0.897 bits per heavy atom. The molecule has 0 aromatic heterocycles. The van der Waals surface area contributed by atoms with Gasteiger partial charge in [-0.3, -0.25) is 0 Å². The maximum atomic E-state index is 3.67. The van der Waals surface area contributed by atoms with Crippen LogP contribution in [0.4, 0.5) is 0 Å². The Labute approximate surface area is 244 Å². The molecule has 1 N–H and O–H groups in total. The van der Waals surface area contributed by atoms with Crippen LogP contribution in [0.5, 0.6) is 0 Å². The molecular formula is C38H63N. The number of rotatable bonds is 11. The van der Waals surface area contributed by atoms with Crippen molar-refractivity contribution >= 4 is 0 Å². The van der Waals surface area contributed by atoms with Crippen molar-refractivity contribution in [2.24, 2.45) is 27.1 Å². The van der Waals surface area contributed by atoms with Gasteiger partial charge in [-0.15, -0.1) is 0 Å². The van der Waals surface area contributed by atoms with Gasteiger partial charge in [0.25, 0.3) is 0 Å². The predicted molar refractivity (Wildman–Crippen MR) is 175 cm³/mol. The molecule has 2 rings (SSSR count). The van der Waals surface area contributed by atoms with E-state index < -0.39 is 0 Å². The Morgan fingerprint density at radius 1 is 0.538 bits per heavy atom. The molecular weight excluding hydrogens is 470 g/mol. The molecule has 220 valence electrons. The number of hydrogen-bond acceptors (Lipinski definition) is 1. The minimum absolute atomic E-state index is 0.0181. The highest BCUT2D eigenvalue weighted by Gasteiger charge is 2.54. The van der Waals surface area contributed by atoms with E-state index in [4.69, 9.17) is 0 Å². The molecule has 39 heavy (non-hydrogen) atoms. The van der Waals surface area contributed by atoms with Gasteiger partial charge in [-0.25, -0.2) is 0 Å². The molecule has 0 saturated heterocycles. The zero-order chi connectivity index (χ0) is 30.2. The van der Waals surface area contributed by atoms with Crippen LogP contribution in [0.15, 0.2) is 48.5 Å². The molecule has 0 saturated carbocycles. The molecule has 0 heterocycles. The molecule has 0 bridgehead atoms. The minimum atomic E-state index is -0.0181. The first kappa shape index (κ1) is 33.6. The first-order chi connectivity index (χ1) is 17.5. The highest BCUT2D eigenvalue weighted by atomic mass is 15.0. The lowest BCUT2D eigenvalue weighted by atomic mass is 9.48. The third kappa shape index (κ3) is 7.01. The Morgan fingerprint density at radius 3 is 1.23 bits per heavy atom. The SMILES string of the molecule is CNC(C)(C)C(C)(C)C(C)(C)C(CC(C)(C)C(C)(C)C(CC(C)(C)C)c1ccc(C)cc1)c1ccc(C)cc1. The highest BCUT2D eigenvalue weighted by molar-refractivity contribution is 5.30. The third-order valence-corrected chi connectivity index (χ3v) is 11.8. The predicted octanol–water partition coefficient (Wildman–Crippen LogP) is 11.1. The summed E-state index contributed by atoms with van der Waals surface area (Å²) in [5.41, 5.74) is 6.08. The van der Waals surface area contributed by atoms with Crippen molar-refractivity contribution in [3.05, 3.63) is 70.8 Å². The van der Waals surface area contributed by atoms with Crippen LogP contribution < -0.4 is 5.32 Å². The molecule has 0 aliphatic rings. The number of hydrogen-bond donors (Lipinski definition) is 1. The van der Waals surface area contributed by atoms with E-state index in [1.807, 2.05) is 0 Å². The fourth-order valence-electron chi connectivity index (χ4n) is 6.59. The standard InChI is InChI=1S/C38H63N/c1-27-17-21-29(22-18-27)31(25-33(3,4)5)35(8,9)34(6,7)26-32(30-23-19-28(2)20-24-30)36(10,11)37(12,13)38(14,15)39-16/h17-24,31-32,39H,25-26H2,1-16H3. The van der Waals surface area contributed by atoms with Gasteiger partial charge in [0.2, 0.25) is 0 Å². The molecule has 2 aromatic carbocycles. The average molecular weight is 534 g/mol. The summed E-state index contributed by atoms with van der Waals surface area (Å²) in [5, 5.41) is 3.67. The molecule has 2 atom stereocenters. The summed E-state index contributed by atoms with van der Waals surface area (Å²) in [7, 11) is 2.12. The van der Waals surface area contributed by atoms with Gasteiger partial charge in [-0.1, -0.05) is 136 Å². The minimum Gasteiger partial charge on any atom is -0.314 e. The molecule has 0 aliphatic heterocycles. The van der Waals surface area contributed by atoms with E-state index in [0.29, 0.717) is 11.8 Å². The van der Waals surface area contributed by atoms with Gasteiger partial charge in [0.05, 0.1) is 0 Å². The largest absolute Gasteiger partial charge is 0.314 e. The third-order valence-electron chi connectivity index (χ3n) is 11.8. The van der Waals surface area contributed by atoms with Crippen molar-refractivity contribution in [2.45, 2.75) is 134 Å². The van der Waals surface area contributed by atoms with E-state index in [1.54, 1.807) is 0 Å². The van der Waals surface area contributed by atoms with E-state index in [9.17, 15) is 0 Å². The molecule has 1 nitrogen and oxygen atoms in total. The Bertz CT molecular complexity index is 1060. The summed E-state index contributed by atoms with van der Waals surface area (Å²) >= 11 is 0. The number of nitrogens with one attached hydrogen (secondary N) is 1. The molecule has 2 unspecified atom stereocenters. The van der Waals surface area contributed by atoms with E-state index >= 15 is 0 Å². The summed E-state index contributed by atoms with van der Waals surface area (Å²) in [6.45, 7) is 36.5. The topological polar surface area (TPSA) is 12.0 Å². The highest BCUT2D eigenvalue weighted by Crippen LogP contribution is 2.61.